The first-order valence-corrected chi connectivity index (χ1v) is 4.91. The fraction of sp³-hybridized carbons (Fsp3) is 0.364. The minimum absolute atomic E-state index is 0.0339. The van der Waals surface area contributed by atoms with Crippen LogP contribution >= 0.6 is 0 Å². The lowest BCUT2D eigenvalue weighted by Gasteiger charge is -2.06. The number of aromatic nitrogens is 2. The number of hydrogen-bond donors (Lipinski definition) is 0. The smallest absolute Gasteiger partial charge is 0.296 e. The summed E-state index contributed by atoms with van der Waals surface area (Å²) < 4.78 is 2.28. The van der Waals surface area contributed by atoms with Crippen LogP contribution < -0.4 is 11.2 Å². The normalized spacial score (nSPS) is 10.9. The summed E-state index contributed by atoms with van der Waals surface area (Å²) in [6.45, 7) is 3.49. The number of rotatable bonds is 3. The molecular weight excluding hydrogens is 208 g/mol. The molecule has 0 amide bonds. The zero-order valence-corrected chi connectivity index (χ0v) is 9.56. The third kappa shape index (κ3) is 2.18. The van der Waals surface area contributed by atoms with Crippen molar-refractivity contribution in [2.75, 3.05) is 0 Å². The molecule has 1 aromatic heterocycles. The van der Waals surface area contributed by atoms with Gasteiger partial charge in [-0.05, 0) is 13.8 Å². The van der Waals surface area contributed by atoms with Gasteiger partial charge in [0.25, 0.3) is 5.56 Å². The molecule has 0 atom stereocenters. The summed E-state index contributed by atoms with van der Waals surface area (Å²) >= 11 is 0. The quantitative estimate of drug-likeness (QED) is 0.546. The number of nitrogens with zero attached hydrogens (tertiary/aromatic N) is 2. The van der Waals surface area contributed by atoms with Crippen molar-refractivity contribution in [3.05, 3.63) is 44.8 Å². The Morgan fingerprint density at radius 3 is 2.56 bits per heavy atom. The first-order chi connectivity index (χ1) is 7.49. The molecule has 1 aromatic rings. The number of allylic oxidation sites excluding steroid dienone is 2. The molecule has 16 heavy (non-hydrogen) atoms. The van der Waals surface area contributed by atoms with E-state index >= 15 is 0 Å². The van der Waals surface area contributed by atoms with Gasteiger partial charge in [0.05, 0.1) is 5.56 Å². The summed E-state index contributed by atoms with van der Waals surface area (Å²) in [4.78, 5) is 34.4. The van der Waals surface area contributed by atoms with Crippen LogP contribution in [0.15, 0.2) is 27.9 Å². The molecule has 0 aliphatic carbocycles. The largest absolute Gasteiger partial charge is 0.331 e. The molecule has 5 heteroatoms. The second-order valence-electron chi connectivity index (χ2n) is 3.47. The van der Waals surface area contributed by atoms with Crippen LogP contribution in [0, 0.1) is 0 Å². The van der Waals surface area contributed by atoms with E-state index in [2.05, 4.69) is 0 Å². The fourth-order valence-corrected chi connectivity index (χ4v) is 1.32. The van der Waals surface area contributed by atoms with Gasteiger partial charge in [0.15, 0.2) is 5.78 Å². The highest BCUT2D eigenvalue weighted by atomic mass is 16.2. The van der Waals surface area contributed by atoms with Crippen molar-refractivity contribution in [2.45, 2.75) is 20.4 Å². The molecule has 0 spiro atoms. The average Bonchev–Trinajstić information content (AvgIpc) is 2.24. The van der Waals surface area contributed by atoms with Crippen LogP contribution in [0.2, 0.25) is 0 Å². The van der Waals surface area contributed by atoms with E-state index in [-0.39, 0.29) is 11.3 Å². The molecule has 0 aliphatic rings. The second-order valence-corrected chi connectivity index (χ2v) is 3.47. The molecule has 0 radical (unpaired) electrons. The Labute approximate surface area is 92.6 Å². The van der Waals surface area contributed by atoms with Crippen molar-refractivity contribution in [2.24, 2.45) is 7.05 Å². The molecule has 0 N–H and O–H groups in total. The van der Waals surface area contributed by atoms with E-state index in [9.17, 15) is 14.4 Å². The van der Waals surface area contributed by atoms with Gasteiger partial charge in [-0.25, -0.2) is 4.79 Å². The summed E-state index contributed by atoms with van der Waals surface area (Å²) in [5, 5.41) is 0. The predicted octanol–water partition coefficient (Wildman–Crippen LogP) is 0.326. The van der Waals surface area contributed by atoms with E-state index in [1.807, 2.05) is 6.92 Å². The Morgan fingerprint density at radius 2 is 2.06 bits per heavy atom. The number of carbonyl (C=O) groups excluding carboxylic acids is 1. The van der Waals surface area contributed by atoms with Gasteiger partial charge >= 0.3 is 5.69 Å². The summed E-state index contributed by atoms with van der Waals surface area (Å²) in [5.74, 6) is -0.338. The van der Waals surface area contributed by atoms with Crippen LogP contribution in [0.25, 0.3) is 0 Å². The van der Waals surface area contributed by atoms with Crippen molar-refractivity contribution in [3.63, 3.8) is 0 Å². The highest BCUT2D eigenvalue weighted by Crippen LogP contribution is 1.91. The van der Waals surface area contributed by atoms with E-state index in [0.717, 1.165) is 4.57 Å². The van der Waals surface area contributed by atoms with E-state index in [1.165, 1.54) is 24.7 Å². The van der Waals surface area contributed by atoms with Crippen LogP contribution in [0.3, 0.4) is 0 Å². The third-order valence-electron chi connectivity index (χ3n) is 2.27. The second kappa shape index (κ2) is 4.74. The zero-order chi connectivity index (χ0) is 12.3. The standard InChI is InChI=1S/C11H14N2O3/c1-4-5-6-13-7-9(8(2)14)10(15)12(3)11(13)16/h4-5,7H,6H2,1-3H3/b5-4+. The molecule has 0 fully saturated rings. The molecule has 5 nitrogen and oxygen atoms in total. The number of Topliss-reactive ketones (excluding diaryl/α,β-unsaturated/α-hetero) is 1. The van der Waals surface area contributed by atoms with Crippen LogP contribution in [-0.2, 0) is 13.6 Å². The Bertz CT molecular complexity index is 549. The van der Waals surface area contributed by atoms with Crippen molar-refractivity contribution in [3.8, 4) is 0 Å². The number of carbonyl (C=O) groups is 1. The summed E-state index contributed by atoms with van der Waals surface area (Å²) in [6.07, 6.45) is 4.88. The van der Waals surface area contributed by atoms with Crippen LogP contribution in [-0.4, -0.2) is 14.9 Å². The van der Waals surface area contributed by atoms with Crippen LogP contribution in [0.4, 0.5) is 0 Å². The fourth-order valence-electron chi connectivity index (χ4n) is 1.32. The maximum Gasteiger partial charge on any atom is 0.331 e. The monoisotopic (exact) mass is 222 g/mol. The van der Waals surface area contributed by atoms with Crippen LogP contribution in [0.5, 0.6) is 0 Å². The molecule has 86 valence electrons. The number of ketones is 1. The first-order valence-electron chi connectivity index (χ1n) is 4.91. The Kier molecular flexibility index (Phi) is 3.60. The lowest BCUT2D eigenvalue weighted by atomic mass is 10.2. The van der Waals surface area contributed by atoms with Gasteiger partial charge in [0.2, 0.25) is 0 Å². The Morgan fingerprint density at radius 1 is 1.44 bits per heavy atom. The minimum Gasteiger partial charge on any atom is -0.296 e. The maximum absolute atomic E-state index is 11.7. The van der Waals surface area contributed by atoms with Gasteiger partial charge in [0.1, 0.15) is 0 Å². The van der Waals surface area contributed by atoms with Crippen molar-refractivity contribution < 1.29 is 4.79 Å². The van der Waals surface area contributed by atoms with Gasteiger partial charge in [-0.3, -0.25) is 18.7 Å². The Balaban J connectivity index is 3.47. The predicted molar refractivity (Wildman–Crippen MR) is 60.8 cm³/mol. The molecule has 0 bridgehead atoms. The summed E-state index contributed by atoms with van der Waals surface area (Å²) in [6, 6.07) is 0. The zero-order valence-electron chi connectivity index (χ0n) is 9.56. The van der Waals surface area contributed by atoms with E-state index in [0.29, 0.717) is 6.54 Å². The molecule has 1 heterocycles. The van der Waals surface area contributed by atoms with E-state index < -0.39 is 11.2 Å². The highest BCUT2D eigenvalue weighted by molar-refractivity contribution is 5.93. The summed E-state index contributed by atoms with van der Waals surface area (Å²) in [7, 11) is 1.36. The number of hydrogen-bond acceptors (Lipinski definition) is 3. The molecule has 0 unspecified atom stereocenters. The molecule has 0 aliphatic heterocycles. The van der Waals surface area contributed by atoms with Gasteiger partial charge in [-0.15, -0.1) is 0 Å². The third-order valence-corrected chi connectivity index (χ3v) is 2.27. The minimum atomic E-state index is -0.547. The van der Waals surface area contributed by atoms with Gasteiger partial charge < -0.3 is 0 Å². The Hall–Kier alpha value is -1.91. The summed E-state index contributed by atoms with van der Waals surface area (Å²) in [5.41, 5.74) is -0.936. The van der Waals surface area contributed by atoms with Crippen LogP contribution in [0.1, 0.15) is 24.2 Å². The molecule has 0 aromatic carbocycles. The van der Waals surface area contributed by atoms with E-state index in [4.69, 9.17) is 0 Å². The SMILES string of the molecule is C/C=C/Cn1cc(C(C)=O)c(=O)n(C)c1=O. The maximum atomic E-state index is 11.7. The molecule has 0 saturated heterocycles. The van der Waals surface area contributed by atoms with Crippen molar-refractivity contribution >= 4 is 5.78 Å². The highest BCUT2D eigenvalue weighted by Gasteiger charge is 2.11. The van der Waals surface area contributed by atoms with Crippen molar-refractivity contribution in [1.82, 2.24) is 9.13 Å². The average molecular weight is 222 g/mol. The lowest BCUT2D eigenvalue weighted by molar-refractivity contribution is 0.101. The molecule has 1 rings (SSSR count). The van der Waals surface area contributed by atoms with E-state index in [1.54, 1.807) is 12.2 Å². The van der Waals surface area contributed by atoms with Gasteiger partial charge in [0, 0.05) is 19.8 Å². The molecule has 0 saturated carbocycles. The van der Waals surface area contributed by atoms with Gasteiger partial charge in [-0.2, -0.15) is 0 Å². The topological polar surface area (TPSA) is 61.1 Å². The molecular formula is C11H14N2O3. The first kappa shape index (κ1) is 12.2. The van der Waals surface area contributed by atoms with Gasteiger partial charge in [-0.1, -0.05) is 12.2 Å². The lowest BCUT2D eigenvalue weighted by Crippen LogP contribution is -2.40. The van der Waals surface area contributed by atoms with Crippen molar-refractivity contribution in [1.29, 1.82) is 0 Å².